The minimum atomic E-state index is -0.534. The van der Waals surface area contributed by atoms with Gasteiger partial charge in [0.15, 0.2) is 0 Å². The fourth-order valence-corrected chi connectivity index (χ4v) is 2.14. The van der Waals surface area contributed by atoms with Gasteiger partial charge in [-0.1, -0.05) is 18.5 Å². The van der Waals surface area contributed by atoms with Gasteiger partial charge in [-0.3, -0.25) is 9.59 Å². The van der Waals surface area contributed by atoms with Gasteiger partial charge in [0.25, 0.3) is 0 Å². The van der Waals surface area contributed by atoms with E-state index in [1.54, 1.807) is 0 Å². The van der Waals surface area contributed by atoms with Crippen molar-refractivity contribution in [2.75, 3.05) is 11.9 Å². The Labute approximate surface area is 121 Å². The van der Waals surface area contributed by atoms with Crippen LogP contribution in [0, 0.1) is 17.7 Å². The van der Waals surface area contributed by atoms with Crippen molar-refractivity contribution in [2.24, 2.45) is 11.8 Å². The molecule has 2 atom stereocenters. The number of hydrogen-bond donors (Lipinski definition) is 2. The molecule has 1 aliphatic rings. The second kappa shape index (κ2) is 6.22. The summed E-state index contributed by atoms with van der Waals surface area (Å²) in [4.78, 5) is 23.6. The maximum Gasteiger partial charge on any atom is 0.228 e. The first-order valence-electron chi connectivity index (χ1n) is 6.56. The normalized spacial score (nSPS) is 20.4. The molecule has 2 rings (SSSR count). The van der Waals surface area contributed by atoms with Crippen LogP contribution in [0.15, 0.2) is 18.2 Å². The van der Waals surface area contributed by atoms with Crippen molar-refractivity contribution in [1.29, 1.82) is 0 Å². The monoisotopic (exact) mass is 298 g/mol. The van der Waals surface area contributed by atoms with E-state index < -0.39 is 5.82 Å². The molecule has 2 amide bonds. The Morgan fingerprint density at radius 1 is 1.35 bits per heavy atom. The highest BCUT2D eigenvalue weighted by Gasteiger charge is 2.47. The van der Waals surface area contributed by atoms with Gasteiger partial charge in [0.05, 0.1) is 16.9 Å². The van der Waals surface area contributed by atoms with E-state index in [-0.39, 0.29) is 28.7 Å². The molecule has 1 saturated carbocycles. The van der Waals surface area contributed by atoms with Crippen LogP contribution in [-0.4, -0.2) is 18.4 Å². The Bertz CT molecular complexity index is 536. The molecule has 1 aromatic rings. The topological polar surface area (TPSA) is 58.2 Å². The molecular weight excluding hydrogens is 283 g/mol. The molecule has 1 fully saturated rings. The summed E-state index contributed by atoms with van der Waals surface area (Å²) in [6.45, 7) is 2.59. The van der Waals surface area contributed by atoms with Crippen molar-refractivity contribution in [3.8, 4) is 0 Å². The molecule has 2 unspecified atom stereocenters. The zero-order valence-corrected chi connectivity index (χ0v) is 11.8. The predicted molar refractivity (Wildman–Crippen MR) is 74.9 cm³/mol. The Kier molecular flexibility index (Phi) is 4.60. The number of carbonyl (C=O) groups excluding carboxylic acids is 2. The van der Waals surface area contributed by atoms with Crippen LogP contribution in [0.1, 0.15) is 19.8 Å². The Morgan fingerprint density at radius 3 is 2.70 bits per heavy atom. The number of nitrogens with one attached hydrogen (secondary N) is 2. The van der Waals surface area contributed by atoms with Crippen LogP contribution in [0.25, 0.3) is 0 Å². The molecule has 20 heavy (non-hydrogen) atoms. The number of hydrogen-bond acceptors (Lipinski definition) is 2. The minimum Gasteiger partial charge on any atom is -0.356 e. The van der Waals surface area contributed by atoms with Gasteiger partial charge >= 0.3 is 0 Å². The van der Waals surface area contributed by atoms with Crippen LogP contribution in [0.4, 0.5) is 10.1 Å². The minimum absolute atomic E-state index is 0.0455. The maximum absolute atomic E-state index is 13.0. The van der Waals surface area contributed by atoms with E-state index >= 15 is 0 Å². The molecule has 0 bridgehead atoms. The van der Waals surface area contributed by atoms with Crippen molar-refractivity contribution < 1.29 is 14.0 Å². The third kappa shape index (κ3) is 3.48. The van der Waals surface area contributed by atoms with Crippen LogP contribution in [-0.2, 0) is 9.59 Å². The average Bonchev–Trinajstić information content (AvgIpc) is 3.20. The average molecular weight is 299 g/mol. The fraction of sp³-hybridized carbons (Fsp3) is 0.429. The Morgan fingerprint density at radius 2 is 2.05 bits per heavy atom. The Hall–Kier alpha value is -1.62. The van der Waals surface area contributed by atoms with Crippen LogP contribution < -0.4 is 10.6 Å². The first-order valence-corrected chi connectivity index (χ1v) is 6.94. The number of anilines is 1. The zero-order chi connectivity index (χ0) is 14.7. The summed E-state index contributed by atoms with van der Waals surface area (Å²) in [6, 6.07) is 3.98. The molecule has 0 heterocycles. The summed E-state index contributed by atoms with van der Waals surface area (Å²) < 4.78 is 13.0. The van der Waals surface area contributed by atoms with Crippen molar-refractivity contribution in [1.82, 2.24) is 5.32 Å². The Balaban J connectivity index is 1.87. The maximum atomic E-state index is 13.0. The molecule has 0 aromatic heterocycles. The lowest BCUT2D eigenvalue weighted by Gasteiger charge is -2.06. The molecule has 1 aliphatic carbocycles. The second-order valence-electron chi connectivity index (χ2n) is 4.86. The van der Waals surface area contributed by atoms with E-state index in [0.717, 1.165) is 6.42 Å². The van der Waals surface area contributed by atoms with Crippen LogP contribution in [0.2, 0.25) is 5.02 Å². The highest BCUT2D eigenvalue weighted by Crippen LogP contribution is 2.39. The molecular formula is C14H16ClFN2O2. The van der Waals surface area contributed by atoms with Crippen molar-refractivity contribution >= 4 is 29.1 Å². The zero-order valence-electron chi connectivity index (χ0n) is 11.1. The lowest BCUT2D eigenvalue weighted by atomic mass is 10.2. The molecule has 0 spiro atoms. The van der Waals surface area contributed by atoms with Gasteiger partial charge in [0.2, 0.25) is 11.8 Å². The third-order valence-corrected chi connectivity index (χ3v) is 3.49. The van der Waals surface area contributed by atoms with E-state index in [0.29, 0.717) is 18.7 Å². The largest absolute Gasteiger partial charge is 0.356 e. The van der Waals surface area contributed by atoms with Crippen LogP contribution >= 0.6 is 11.6 Å². The number of halogens is 2. The van der Waals surface area contributed by atoms with E-state index in [1.165, 1.54) is 18.2 Å². The second-order valence-corrected chi connectivity index (χ2v) is 5.27. The SMILES string of the molecule is CCCNC(=O)C1CC1C(=O)Nc1ccc(F)c(Cl)c1. The van der Waals surface area contributed by atoms with Crippen LogP contribution in [0.3, 0.4) is 0 Å². The summed E-state index contributed by atoms with van der Waals surface area (Å²) in [7, 11) is 0. The highest BCUT2D eigenvalue weighted by atomic mass is 35.5. The lowest BCUT2D eigenvalue weighted by molar-refractivity contribution is -0.125. The van der Waals surface area contributed by atoms with Crippen molar-refractivity contribution in [2.45, 2.75) is 19.8 Å². The lowest BCUT2D eigenvalue weighted by Crippen LogP contribution is -2.27. The van der Waals surface area contributed by atoms with E-state index in [4.69, 9.17) is 11.6 Å². The van der Waals surface area contributed by atoms with Gasteiger partial charge in [-0.2, -0.15) is 0 Å². The standard InChI is InChI=1S/C14H16ClFN2O2/c1-2-5-17-13(19)9-7-10(9)14(20)18-8-3-4-12(16)11(15)6-8/h3-4,6,9-10H,2,5,7H2,1H3,(H,17,19)(H,18,20). The van der Waals surface area contributed by atoms with Gasteiger partial charge in [0.1, 0.15) is 5.82 Å². The molecule has 0 radical (unpaired) electrons. The molecule has 2 N–H and O–H groups in total. The number of rotatable bonds is 5. The molecule has 0 saturated heterocycles. The van der Waals surface area contributed by atoms with Gasteiger partial charge in [-0.05, 0) is 31.0 Å². The first kappa shape index (κ1) is 14.8. The predicted octanol–water partition coefficient (Wildman–Crippen LogP) is 2.58. The number of benzene rings is 1. The van der Waals surface area contributed by atoms with E-state index in [1.807, 2.05) is 6.92 Å². The van der Waals surface area contributed by atoms with Gasteiger partial charge in [0, 0.05) is 12.2 Å². The number of carbonyl (C=O) groups is 2. The summed E-state index contributed by atoms with van der Waals surface area (Å²) in [5.74, 6) is -1.41. The summed E-state index contributed by atoms with van der Waals surface area (Å²) in [5, 5.41) is 5.37. The van der Waals surface area contributed by atoms with Gasteiger partial charge in [-0.15, -0.1) is 0 Å². The van der Waals surface area contributed by atoms with Crippen molar-refractivity contribution in [3.05, 3.63) is 29.0 Å². The van der Waals surface area contributed by atoms with Gasteiger partial charge < -0.3 is 10.6 Å². The first-order chi connectivity index (χ1) is 9.52. The molecule has 1 aromatic carbocycles. The van der Waals surface area contributed by atoms with Crippen molar-refractivity contribution in [3.63, 3.8) is 0 Å². The van der Waals surface area contributed by atoms with E-state index in [9.17, 15) is 14.0 Å². The highest BCUT2D eigenvalue weighted by molar-refractivity contribution is 6.31. The molecule has 4 nitrogen and oxygen atoms in total. The van der Waals surface area contributed by atoms with Crippen LogP contribution in [0.5, 0.6) is 0 Å². The van der Waals surface area contributed by atoms with E-state index in [2.05, 4.69) is 10.6 Å². The summed E-state index contributed by atoms with van der Waals surface area (Å²) in [5.41, 5.74) is 0.431. The fourth-order valence-electron chi connectivity index (χ4n) is 1.96. The van der Waals surface area contributed by atoms with Gasteiger partial charge in [-0.25, -0.2) is 4.39 Å². The number of amides is 2. The molecule has 0 aliphatic heterocycles. The quantitative estimate of drug-likeness (QED) is 0.878. The summed E-state index contributed by atoms with van der Waals surface area (Å²) >= 11 is 5.64. The summed E-state index contributed by atoms with van der Waals surface area (Å²) in [6.07, 6.45) is 1.42. The molecule has 6 heteroatoms. The smallest absolute Gasteiger partial charge is 0.228 e. The molecule has 108 valence electrons. The third-order valence-electron chi connectivity index (χ3n) is 3.20.